The molecule has 4 nitrogen and oxygen atoms in total. The SMILES string of the molecule is CNC1CCC(N(Cc2ccc(I)c(OC)c2)C(=O)c2sc3ccccc3c2Cl)CC1. The molecular weight excluding hydrogens is 543 g/mol. The highest BCUT2D eigenvalue weighted by Crippen LogP contribution is 2.37. The van der Waals surface area contributed by atoms with Gasteiger partial charge in [-0.15, -0.1) is 11.3 Å². The fourth-order valence-corrected chi connectivity index (χ4v) is 6.35. The summed E-state index contributed by atoms with van der Waals surface area (Å²) in [6.45, 7) is 0.547. The maximum absolute atomic E-state index is 13.8. The fraction of sp³-hybridized carbons (Fsp3) is 0.375. The zero-order chi connectivity index (χ0) is 22.0. The maximum Gasteiger partial charge on any atom is 0.266 e. The summed E-state index contributed by atoms with van der Waals surface area (Å²) in [5.41, 5.74) is 1.07. The Hall–Kier alpha value is -1.35. The van der Waals surface area contributed by atoms with Gasteiger partial charge in [0, 0.05) is 28.7 Å². The second-order valence-electron chi connectivity index (χ2n) is 7.94. The minimum absolute atomic E-state index is 0.0247. The topological polar surface area (TPSA) is 41.6 Å². The standard InChI is InChI=1S/C24H26ClIN2O2S/c1-27-16-8-10-17(11-9-16)28(14-15-7-12-19(26)20(13-15)30-2)24(29)23-22(25)18-5-3-4-6-21(18)31-23/h3-7,12-13,16-17,27H,8-11,14H2,1-2H3. The third-order valence-corrected chi connectivity index (χ3v) is 8.66. The van der Waals surface area contributed by atoms with Crippen molar-refractivity contribution in [1.29, 1.82) is 0 Å². The first-order valence-corrected chi connectivity index (χ1v) is 12.8. The molecule has 0 spiro atoms. The van der Waals surface area contributed by atoms with E-state index >= 15 is 0 Å². The average Bonchev–Trinajstić information content (AvgIpc) is 3.15. The van der Waals surface area contributed by atoms with E-state index < -0.39 is 0 Å². The lowest BCUT2D eigenvalue weighted by molar-refractivity contribution is 0.0606. The Morgan fingerprint density at radius 3 is 2.65 bits per heavy atom. The van der Waals surface area contributed by atoms with Crippen LogP contribution in [0.2, 0.25) is 5.02 Å². The average molecular weight is 569 g/mol. The molecule has 0 saturated heterocycles. The Labute approximate surface area is 206 Å². The molecule has 0 aliphatic heterocycles. The molecule has 1 aliphatic rings. The first-order chi connectivity index (χ1) is 15.0. The quantitative estimate of drug-likeness (QED) is 0.353. The van der Waals surface area contributed by atoms with Gasteiger partial charge in [0.2, 0.25) is 0 Å². The number of nitrogens with one attached hydrogen (secondary N) is 1. The first kappa shape index (κ1) is 22.8. The van der Waals surface area contributed by atoms with Crippen molar-refractivity contribution in [3.63, 3.8) is 0 Å². The zero-order valence-corrected chi connectivity index (χ0v) is 21.4. The van der Waals surface area contributed by atoms with Crippen molar-refractivity contribution in [3.8, 4) is 5.75 Å². The number of nitrogens with zero attached hydrogens (tertiary/aromatic N) is 1. The molecule has 4 rings (SSSR count). The van der Waals surface area contributed by atoms with Crippen molar-refractivity contribution in [2.45, 2.75) is 44.3 Å². The molecule has 7 heteroatoms. The van der Waals surface area contributed by atoms with E-state index in [-0.39, 0.29) is 11.9 Å². The minimum Gasteiger partial charge on any atom is -0.496 e. The summed E-state index contributed by atoms with van der Waals surface area (Å²) in [4.78, 5) is 16.5. The number of rotatable bonds is 6. The van der Waals surface area contributed by atoms with Crippen LogP contribution < -0.4 is 10.1 Å². The lowest BCUT2D eigenvalue weighted by Crippen LogP contribution is -2.44. The molecule has 3 aromatic rings. The van der Waals surface area contributed by atoms with Crippen LogP contribution in [-0.4, -0.2) is 37.0 Å². The van der Waals surface area contributed by atoms with E-state index in [1.165, 1.54) is 11.3 Å². The monoisotopic (exact) mass is 568 g/mol. The van der Waals surface area contributed by atoms with Gasteiger partial charge in [-0.3, -0.25) is 4.79 Å². The molecule has 0 atom stereocenters. The molecule has 1 fully saturated rings. The molecule has 1 aromatic heterocycles. The van der Waals surface area contributed by atoms with E-state index in [0.29, 0.717) is 22.5 Å². The van der Waals surface area contributed by atoms with Gasteiger partial charge in [0.15, 0.2) is 0 Å². The van der Waals surface area contributed by atoms with Crippen LogP contribution >= 0.6 is 45.5 Å². The Morgan fingerprint density at radius 1 is 1.23 bits per heavy atom. The molecule has 0 unspecified atom stereocenters. The van der Waals surface area contributed by atoms with Crippen LogP contribution in [0, 0.1) is 3.57 Å². The van der Waals surface area contributed by atoms with Crippen LogP contribution in [-0.2, 0) is 6.54 Å². The van der Waals surface area contributed by atoms with E-state index in [1.807, 2.05) is 48.3 Å². The van der Waals surface area contributed by atoms with Crippen LogP contribution in [0.15, 0.2) is 42.5 Å². The van der Waals surface area contributed by atoms with E-state index in [9.17, 15) is 4.79 Å². The van der Waals surface area contributed by atoms with Crippen molar-refractivity contribution >= 4 is 61.5 Å². The fourth-order valence-electron chi connectivity index (χ4n) is 4.32. The van der Waals surface area contributed by atoms with E-state index in [4.69, 9.17) is 16.3 Å². The van der Waals surface area contributed by atoms with E-state index in [0.717, 1.165) is 50.7 Å². The predicted octanol–water partition coefficient (Wildman–Crippen LogP) is 6.34. The number of thiophene rings is 1. The lowest BCUT2D eigenvalue weighted by atomic mass is 9.90. The van der Waals surface area contributed by atoms with Gasteiger partial charge in [-0.1, -0.05) is 35.9 Å². The molecule has 31 heavy (non-hydrogen) atoms. The van der Waals surface area contributed by atoms with E-state index in [2.05, 4.69) is 34.0 Å². The molecule has 1 N–H and O–H groups in total. The van der Waals surface area contributed by atoms with Gasteiger partial charge in [-0.25, -0.2) is 0 Å². The van der Waals surface area contributed by atoms with Crippen LogP contribution in [0.3, 0.4) is 0 Å². The number of carbonyl (C=O) groups excluding carboxylic acids is 1. The molecule has 1 aliphatic carbocycles. The summed E-state index contributed by atoms with van der Waals surface area (Å²) in [7, 11) is 3.70. The third kappa shape index (κ3) is 4.87. The molecule has 1 saturated carbocycles. The predicted molar refractivity (Wildman–Crippen MR) is 138 cm³/mol. The van der Waals surface area contributed by atoms with Crippen LogP contribution in [0.1, 0.15) is 40.9 Å². The Bertz CT molecular complexity index is 1080. The molecule has 0 bridgehead atoms. The van der Waals surface area contributed by atoms with E-state index in [1.54, 1.807) is 7.11 Å². The summed E-state index contributed by atoms with van der Waals surface area (Å²) in [6.07, 6.45) is 4.12. The molecule has 1 amide bonds. The number of methoxy groups -OCH3 is 1. The molecule has 1 heterocycles. The zero-order valence-electron chi connectivity index (χ0n) is 17.7. The second-order valence-corrected chi connectivity index (χ2v) is 10.5. The van der Waals surface area contributed by atoms with Gasteiger partial charge in [-0.05, 0) is 79.1 Å². The first-order valence-electron chi connectivity index (χ1n) is 10.5. The molecule has 164 valence electrons. The second kappa shape index (κ2) is 10.1. The van der Waals surface area contributed by atoms with Crippen molar-refractivity contribution < 1.29 is 9.53 Å². The van der Waals surface area contributed by atoms with Gasteiger partial charge >= 0.3 is 0 Å². The summed E-state index contributed by atoms with van der Waals surface area (Å²) in [5, 5.41) is 4.90. The summed E-state index contributed by atoms with van der Waals surface area (Å²) in [6, 6.07) is 14.8. The van der Waals surface area contributed by atoms with Gasteiger partial charge in [0.1, 0.15) is 10.6 Å². The van der Waals surface area contributed by atoms with Crippen LogP contribution in [0.5, 0.6) is 5.75 Å². The minimum atomic E-state index is 0.0247. The maximum atomic E-state index is 13.8. The number of benzene rings is 2. The van der Waals surface area contributed by atoms with Crippen LogP contribution in [0.25, 0.3) is 10.1 Å². The molecular formula is C24H26ClIN2O2S. The van der Waals surface area contributed by atoms with Gasteiger partial charge in [-0.2, -0.15) is 0 Å². The number of hydrogen-bond acceptors (Lipinski definition) is 4. The Morgan fingerprint density at radius 2 is 1.97 bits per heavy atom. The van der Waals surface area contributed by atoms with Crippen molar-refractivity contribution in [2.24, 2.45) is 0 Å². The summed E-state index contributed by atoms with van der Waals surface area (Å²) in [5.74, 6) is 0.862. The highest BCUT2D eigenvalue weighted by atomic mass is 127. The van der Waals surface area contributed by atoms with Crippen molar-refractivity contribution in [3.05, 3.63) is 61.5 Å². The summed E-state index contributed by atoms with van der Waals surface area (Å²) >= 11 is 10.4. The highest BCUT2D eigenvalue weighted by molar-refractivity contribution is 14.1. The van der Waals surface area contributed by atoms with Crippen molar-refractivity contribution in [2.75, 3.05) is 14.2 Å². The molecule has 2 aromatic carbocycles. The highest BCUT2D eigenvalue weighted by Gasteiger charge is 2.31. The van der Waals surface area contributed by atoms with Crippen LogP contribution in [0.4, 0.5) is 0 Å². The largest absolute Gasteiger partial charge is 0.496 e. The van der Waals surface area contributed by atoms with Crippen molar-refractivity contribution in [1.82, 2.24) is 10.2 Å². The Kier molecular flexibility index (Phi) is 7.41. The molecule has 0 radical (unpaired) electrons. The normalized spacial score (nSPS) is 18.8. The number of ether oxygens (including phenoxy) is 1. The number of carbonyl (C=O) groups is 1. The Balaban J connectivity index is 1.67. The smallest absolute Gasteiger partial charge is 0.266 e. The number of amides is 1. The van der Waals surface area contributed by atoms with Gasteiger partial charge < -0.3 is 15.0 Å². The third-order valence-electron chi connectivity index (χ3n) is 6.10. The van der Waals surface area contributed by atoms with Gasteiger partial charge in [0.25, 0.3) is 5.91 Å². The van der Waals surface area contributed by atoms with Gasteiger partial charge in [0.05, 0.1) is 15.7 Å². The number of fused-ring (bicyclic) bond motifs is 1. The lowest BCUT2D eigenvalue weighted by Gasteiger charge is -2.37. The summed E-state index contributed by atoms with van der Waals surface area (Å²) < 4.78 is 7.61. The number of halogens is 2. The number of hydrogen-bond donors (Lipinski definition) is 1.